The molecule has 2 aromatic rings. The van der Waals surface area contributed by atoms with Crippen molar-refractivity contribution < 1.29 is 17.5 Å². The first-order chi connectivity index (χ1) is 12.3. The van der Waals surface area contributed by atoms with E-state index in [4.69, 9.17) is 10.1 Å². The van der Waals surface area contributed by atoms with E-state index in [1.54, 1.807) is 6.07 Å². The van der Waals surface area contributed by atoms with Gasteiger partial charge in [-0.15, -0.1) is 0 Å². The molecular formula is C18H20FN3O3S. The van der Waals surface area contributed by atoms with E-state index in [0.717, 1.165) is 9.87 Å². The lowest BCUT2D eigenvalue weighted by Gasteiger charge is -2.42. The van der Waals surface area contributed by atoms with E-state index < -0.39 is 27.1 Å². The van der Waals surface area contributed by atoms with Crippen LogP contribution in [-0.4, -0.2) is 38.1 Å². The van der Waals surface area contributed by atoms with Gasteiger partial charge in [-0.1, -0.05) is 48.5 Å². The van der Waals surface area contributed by atoms with Crippen LogP contribution in [0.2, 0.25) is 0 Å². The number of hydrogen-bond acceptors (Lipinski definition) is 4. The zero-order valence-corrected chi connectivity index (χ0v) is 15.1. The van der Waals surface area contributed by atoms with Crippen LogP contribution < -0.4 is 5.32 Å². The fraction of sp³-hybridized carbons (Fsp3) is 0.278. The summed E-state index contributed by atoms with van der Waals surface area (Å²) in [5.41, 5.74) is -0.292. The predicted octanol–water partition coefficient (Wildman–Crippen LogP) is 2.04. The molecule has 8 heteroatoms. The summed E-state index contributed by atoms with van der Waals surface area (Å²) >= 11 is 0. The highest BCUT2D eigenvalue weighted by molar-refractivity contribution is 7.89. The van der Waals surface area contributed by atoms with Crippen LogP contribution in [-0.2, 0) is 26.9 Å². The molecule has 1 fully saturated rings. The molecule has 1 aliphatic rings. The molecule has 0 amide bonds. The summed E-state index contributed by atoms with van der Waals surface area (Å²) in [5.74, 6) is -1.27. The molecule has 1 unspecified atom stereocenters. The van der Waals surface area contributed by atoms with Crippen molar-refractivity contribution in [2.75, 3.05) is 19.4 Å². The molecule has 2 aromatic carbocycles. The van der Waals surface area contributed by atoms with Crippen molar-refractivity contribution in [1.82, 2.24) is 9.62 Å². The van der Waals surface area contributed by atoms with Gasteiger partial charge in [-0.3, -0.25) is 5.41 Å². The molecule has 0 aromatic heterocycles. The first kappa shape index (κ1) is 18.3. The number of hydrogen-bond donors (Lipinski definition) is 2. The number of nitrogens with zero attached hydrogens (tertiary/aromatic N) is 1. The SMILES string of the molecule is CN1C(=N)NC(COCc2ccccc2)(c2ccccc2F)CS1(=O)=O. The molecule has 1 heterocycles. The minimum atomic E-state index is -3.78. The van der Waals surface area contributed by atoms with Crippen molar-refractivity contribution in [2.24, 2.45) is 0 Å². The van der Waals surface area contributed by atoms with Gasteiger partial charge in [0.1, 0.15) is 11.4 Å². The van der Waals surface area contributed by atoms with Crippen LogP contribution in [0.3, 0.4) is 0 Å². The van der Waals surface area contributed by atoms with Crippen molar-refractivity contribution in [2.45, 2.75) is 12.1 Å². The van der Waals surface area contributed by atoms with Crippen LogP contribution in [0, 0.1) is 11.2 Å². The van der Waals surface area contributed by atoms with E-state index in [-0.39, 0.29) is 24.7 Å². The maximum atomic E-state index is 14.5. The van der Waals surface area contributed by atoms with Gasteiger partial charge in [0.25, 0.3) is 0 Å². The number of benzene rings is 2. The van der Waals surface area contributed by atoms with Crippen LogP contribution in [0.4, 0.5) is 4.39 Å². The van der Waals surface area contributed by atoms with Gasteiger partial charge in [0.2, 0.25) is 16.0 Å². The minimum Gasteiger partial charge on any atom is -0.374 e. The second-order valence-corrected chi connectivity index (χ2v) is 8.24. The van der Waals surface area contributed by atoms with Crippen molar-refractivity contribution in [3.63, 3.8) is 0 Å². The van der Waals surface area contributed by atoms with Gasteiger partial charge in [0, 0.05) is 12.6 Å². The van der Waals surface area contributed by atoms with Crippen LogP contribution in [0.15, 0.2) is 54.6 Å². The molecule has 0 aliphatic carbocycles. The Morgan fingerprint density at radius 2 is 1.85 bits per heavy atom. The lowest BCUT2D eigenvalue weighted by atomic mass is 9.92. The van der Waals surface area contributed by atoms with Gasteiger partial charge < -0.3 is 10.1 Å². The fourth-order valence-corrected chi connectivity index (χ4v) is 4.41. The Morgan fingerprint density at radius 3 is 2.50 bits per heavy atom. The molecule has 1 aliphatic heterocycles. The van der Waals surface area contributed by atoms with Crippen LogP contribution in [0.5, 0.6) is 0 Å². The second-order valence-electron chi connectivity index (χ2n) is 6.24. The number of halogens is 1. The minimum absolute atomic E-state index is 0.0989. The van der Waals surface area contributed by atoms with Crippen molar-refractivity contribution >= 4 is 16.0 Å². The third-order valence-corrected chi connectivity index (χ3v) is 6.24. The highest BCUT2D eigenvalue weighted by Crippen LogP contribution is 2.30. The number of rotatable bonds is 5. The Kier molecular flexibility index (Phi) is 4.97. The first-order valence-electron chi connectivity index (χ1n) is 8.04. The van der Waals surface area contributed by atoms with E-state index in [1.165, 1.54) is 25.2 Å². The standard InChI is InChI=1S/C18H20FN3O3S/c1-22-17(20)21-18(13-26(22,23)24,15-9-5-6-10-16(15)19)12-25-11-14-7-3-2-4-8-14/h2-10H,11-13H2,1H3,(H2,20,21). The lowest BCUT2D eigenvalue weighted by molar-refractivity contribution is 0.0678. The number of sulfonamides is 1. The van der Waals surface area contributed by atoms with Crippen LogP contribution in [0.25, 0.3) is 0 Å². The molecule has 1 atom stereocenters. The zero-order chi connectivity index (χ0) is 18.8. The number of ether oxygens (including phenoxy) is 1. The third kappa shape index (κ3) is 3.56. The number of nitrogens with one attached hydrogen (secondary N) is 2. The van der Waals surface area contributed by atoms with Gasteiger partial charge in [0.05, 0.1) is 19.0 Å². The molecule has 3 rings (SSSR count). The molecule has 0 radical (unpaired) electrons. The maximum Gasteiger partial charge on any atom is 0.239 e. The summed E-state index contributed by atoms with van der Waals surface area (Å²) in [6, 6.07) is 15.4. The zero-order valence-electron chi connectivity index (χ0n) is 14.3. The maximum absolute atomic E-state index is 14.5. The Labute approximate surface area is 152 Å². The van der Waals surface area contributed by atoms with E-state index >= 15 is 0 Å². The molecule has 0 spiro atoms. The molecule has 2 N–H and O–H groups in total. The monoisotopic (exact) mass is 377 g/mol. The van der Waals surface area contributed by atoms with Gasteiger partial charge in [-0.05, 0) is 11.6 Å². The summed E-state index contributed by atoms with van der Waals surface area (Å²) in [5, 5.41) is 10.8. The Hall–Kier alpha value is -2.45. The van der Waals surface area contributed by atoms with Gasteiger partial charge >= 0.3 is 0 Å². The summed E-state index contributed by atoms with van der Waals surface area (Å²) in [4.78, 5) is 0. The van der Waals surface area contributed by atoms with Crippen LogP contribution >= 0.6 is 0 Å². The van der Waals surface area contributed by atoms with Gasteiger partial charge in [-0.2, -0.15) is 0 Å². The van der Waals surface area contributed by atoms with Crippen molar-refractivity contribution in [3.8, 4) is 0 Å². The molecule has 1 saturated heterocycles. The average Bonchev–Trinajstić information content (AvgIpc) is 2.61. The van der Waals surface area contributed by atoms with Crippen molar-refractivity contribution in [1.29, 1.82) is 5.41 Å². The molecule has 0 bridgehead atoms. The largest absolute Gasteiger partial charge is 0.374 e. The lowest BCUT2D eigenvalue weighted by Crippen LogP contribution is -2.64. The molecule has 26 heavy (non-hydrogen) atoms. The van der Waals surface area contributed by atoms with E-state index in [2.05, 4.69) is 5.32 Å². The predicted molar refractivity (Wildman–Crippen MR) is 96.6 cm³/mol. The summed E-state index contributed by atoms with van der Waals surface area (Å²) in [6.07, 6.45) is 0. The average molecular weight is 377 g/mol. The normalized spacial score (nSPS) is 22.1. The summed E-state index contributed by atoms with van der Waals surface area (Å²) < 4.78 is 46.0. The van der Waals surface area contributed by atoms with E-state index in [0.29, 0.717) is 0 Å². The smallest absolute Gasteiger partial charge is 0.239 e. The highest BCUT2D eigenvalue weighted by Gasteiger charge is 2.46. The second kappa shape index (κ2) is 7.05. The molecular weight excluding hydrogens is 357 g/mol. The Morgan fingerprint density at radius 1 is 1.19 bits per heavy atom. The molecule has 138 valence electrons. The third-order valence-electron chi connectivity index (χ3n) is 4.37. The quantitative estimate of drug-likeness (QED) is 0.835. The Balaban J connectivity index is 1.92. The van der Waals surface area contributed by atoms with E-state index in [1.807, 2.05) is 30.3 Å². The van der Waals surface area contributed by atoms with Gasteiger partial charge in [0.15, 0.2) is 0 Å². The van der Waals surface area contributed by atoms with Gasteiger partial charge in [-0.25, -0.2) is 17.1 Å². The Bertz CT molecular complexity index is 905. The molecule has 6 nitrogen and oxygen atoms in total. The molecule has 0 saturated carbocycles. The topological polar surface area (TPSA) is 82.5 Å². The fourth-order valence-electron chi connectivity index (χ4n) is 2.96. The summed E-state index contributed by atoms with van der Waals surface area (Å²) in [7, 11) is -2.49. The van der Waals surface area contributed by atoms with E-state index in [9.17, 15) is 12.8 Å². The van der Waals surface area contributed by atoms with Crippen molar-refractivity contribution in [3.05, 3.63) is 71.5 Å². The van der Waals surface area contributed by atoms with Crippen LogP contribution in [0.1, 0.15) is 11.1 Å². The summed E-state index contributed by atoms with van der Waals surface area (Å²) in [6.45, 7) is 0.153. The number of guanidine groups is 1. The first-order valence-corrected chi connectivity index (χ1v) is 9.65. The highest BCUT2D eigenvalue weighted by atomic mass is 32.2.